The molecule has 0 saturated carbocycles. The Morgan fingerprint density at radius 3 is 2.00 bits per heavy atom. The Balaban J connectivity index is 0.000000401. The van der Waals surface area contributed by atoms with Gasteiger partial charge in [-0.05, 0) is 30.5 Å². The second kappa shape index (κ2) is 14.7. The van der Waals surface area contributed by atoms with Crippen LogP contribution in [0.25, 0.3) is 0 Å². The van der Waals surface area contributed by atoms with Gasteiger partial charge in [0.15, 0.2) is 11.5 Å². The van der Waals surface area contributed by atoms with Crippen molar-refractivity contribution in [1.82, 2.24) is 0 Å². The second-order valence-corrected chi connectivity index (χ2v) is 5.19. The molecule has 0 unspecified atom stereocenters. The van der Waals surface area contributed by atoms with E-state index in [0.29, 0.717) is 5.75 Å². The van der Waals surface area contributed by atoms with Gasteiger partial charge in [0.1, 0.15) is 0 Å². The van der Waals surface area contributed by atoms with Crippen LogP contribution in [0.15, 0.2) is 18.2 Å². The van der Waals surface area contributed by atoms with Crippen LogP contribution < -0.4 is 4.74 Å². The molecule has 0 heterocycles. The molecule has 4 nitrogen and oxygen atoms in total. The monoisotopic (exact) mass is 312 g/mol. The van der Waals surface area contributed by atoms with E-state index in [1.807, 2.05) is 0 Å². The summed E-state index contributed by atoms with van der Waals surface area (Å²) in [4.78, 5) is 0. The van der Waals surface area contributed by atoms with E-state index in [0.717, 1.165) is 18.8 Å². The molecule has 0 atom stereocenters. The van der Waals surface area contributed by atoms with Gasteiger partial charge in [-0.1, -0.05) is 45.6 Å². The first kappa shape index (κ1) is 20.7. The van der Waals surface area contributed by atoms with Gasteiger partial charge in [0.2, 0.25) is 0 Å². The minimum absolute atomic E-state index is 0.0450. The summed E-state index contributed by atoms with van der Waals surface area (Å²) >= 11 is 0. The quantitative estimate of drug-likeness (QED) is 0.633. The molecule has 0 aliphatic rings. The van der Waals surface area contributed by atoms with Gasteiger partial charge in [-0.3, -0.25) is 0 Å². The fraction of sp³-hybridized carbons (Fsp3) is 0.667. The van der Waals surface area contributed by atoms with Gasteiger partial charge in [0, 0.05) is 13.2 Å². The van der Waals surface area contributed by atoms with E-state index >= 15 is 0 Å². The number of aromatic hydroxyl groups is 1. The molecule has 0 fully saturated rings. The lowest BCUT2D eigenvalue weighted by Gasteiger charge is -2.03. The van der Waals surface area contributed by atoms with Gasteiger partial charge < -0.3 is 19.7 Å². The average molecular weight is 312 g/mol. The van der Waals surface area contributed by atoms with Crippen molar-refractivity contribution in [1.29, 1.82) is 0 Å². The fourth-order valence-corrected chi connectivity index (χ4v) is 1.83. The van der Waals surface area contributed by atoms with E-state index in [1.54, 1.807) is 12.1 Å². The van der Waals surface area contributed by atoms with Gasteiger partial charge >= 0.3 is 0 Å². The first-order valence-corrected chi connectivity index (χ1v) is 8.24. The van der Waals surface area contributed by atoms with Crippen molar-refractivity contribution < 1.29 is 19.7 Å². The van der Waals surface area contributed by atoms with E-state index < -0.39 is 0 Å². The number of phenols is 1. The molecule has 0 spiro atoms. The van der Waals surface area contributed by atoms with E-state index in [4.69, 9.17) is 19.7 Å². The molecule has 1 aromatic carbocycles. The summed E-state index contributed by atoms with van der Waals surface area (Å²) in [7, 11) is 1.47. The lowest BCUT2D eigenvalue weighted by atomic mass is 10.2. The number of hydrogen-bond donors (Lipinski definition) is 2. The zero-order valence-electron chi connectivity index (χ0n) is 14.3. The maximum Gasteiger partial charge on any atom is 0.160 e. The fourth-order valence-electron chi connectivity index (χ4n) is 1.83. The number of methoxy groups -OCH3 is 1. The van der Waals surface area contributed by atoms with Gasteiger partial charge in [0.25, 0.3) is 0 Å². The van der Waals surface area contributed by atoms with Gasteiger partial charge in [-0.2, -0.15) is 0 Å². The standard InChI is InChI=1S/C10H22O.C8H10O3/c1-3-5-7-9-11-10-8-6-4-2;1-11-8-4-6(5-9)2-3-7(8)10/h3-10H2,1-2H3;2-4,9-10H,5H2,1H3. The first-order valence-electron chi connectivity index (χ1n) is 8.24. The Bertz CT molecular complexity index is 358. The second-order valence-electron chi connectivity index (χ2n) is 5.19. The molecule has 0 bridgehead atoms. The van der Waals surface area contributed by atoms with Crippen molar-refractivity contribution in [3.63, 3.8) is 0 Å². The van der Waals surface area contributed by atoms with Crippen molar-refractivity contribution in [3.8, 4) is 11.5 Å². The Labute approximate surface area is 135 Å². The summed E-state index contributed by atoms with van der Waals surface area (Å²) in [6.07, 6.45) is 7.68. The molecular weight excluding hydrogens is 280 g/mol. The Kier molecular flexibility index (Phi) is 13.8. The average Bonchev–Trinajstić information content (AvgIpc) is 2.55. The topological polar surface area (TPSA) is 58.9 Å². The van der Waals surface area contributed by atoms with Crippen LogP contribution in [0.1, 0.15) is 57.9 Å². The third kappa shape index (κ3) is 10.5. The minimum Gasteiger partial charge on any atom is -0.504 e. The van der Waals surface area contributed by atoms with E-state index in [2.05, 4.69) is 13.8 Å². The summed E-state index contributed by atoms with van der Waals surface area (Å²) in [5, 5.41) is 17.8. The molecule has 4 heteroatoms. The van der Waals surface area contributed by atoms with Crippen molar-refractivity contribution in [3.05, 3.63) is 23.8 Å². The summed E-state index contributed by atoms with van der Waals surface area (Å²) in [5.74, 6) is 0.473. The summed E-state index contributed by atoms with van der Waals surface area (Å²) in [5.41, 5.74) is 0.722. The normalized spacial score (nSPS) is 10.0. The molecule has 0 radical (unpaired) electrons. The predicted molar refractivity (Wildman–Crippen MR) is 90.5 cm³/mol. The number of rotatable bonds is 10. The number of benzene rings is 1. The Morgan fingerprint density at radius 1 is 0.955 bits per heavy atom. The molecule has 2 N–H and O–H groups in total. The van der Waals surface area contributed by atoms with Gasteiger partial charge in [-0.15, -0.1) is 0 Å². The number of unbranched alkanes of at least 4 members (excludes halogenated alkanes) is 4. The van der Waals surface area contributed by atoms with Crippen LogP contribution in [0.4, 0.5) is 0 Å². The number of phenolic OH excluding ortho intramolecular Hbond substituents is 1. The summed E-state index contributed by atoms with van der Waals surface area (Å²) < 4.78 is 10.3. The van der Waals surface area contributed by atoms with Crippen molar-refractivity contribution in [2.24, 2.45) is 0 Å². The molecule has 128 valence electrons. The maximum atomic E-state index is 9.12. The van der Waals surface area contributed by atoms with Crippen molar-refractivity contribution >= 4 is 0 Å². The van der Waals surface area contributed by atoms with Crippen molar-refractivity contribution in [2.45, 2.75) is 59.0 Å². The van der Waals surface area contributed by atoms with Crippen LogP contribution in [0.3, 0.4) is 0 Å². The highest BCUT2D eigenvalue weighted by Crippen LogP contribution is 2.25. The molecule has 0 aliphatic carbocycles. The predicted octanol–water partition coefficient (Wildman–Crippen LogP) is 4.28. The number of hydrogen-bond acceptors (Lipinski definition) is 4. The Morgan fingerprint density at radius 2 is 1.55 bits per heavy atom. The Hall–Kier alpha value is -1.26. The van der Waals surface area contributed by atoms with Gasteiger partial charge in [-0.25, -0.2) is 0 Å². The lowest BCUT2D eigenvalue weighted by molar-refractivity contribution is 0.126. The van der Waals surface area contributed by atoms with Crippen LogP contribution in [0, 0.1) is 0 Å². The van der Waals surface area contributed by atoms with Crippen LogP contribution in [0.5, 0.6) is 11.5 Å². The van der Waals surface area contributed by atoms with E-state index in [1.165, 1.54) is 51.7 Å². The minimum atomic E-state index is -0.0450. The number of aliphatic hydroxyl groups is 1. The van der Waals surface area contributed by atoms with Crippen LogP contribution in [-0.2, 0) is 11.3 Å². The zero-order valence-corrected chi connectivity index (χ0v) is 14.3. The van der Waals surface area contributed by atoms with E-state index in [-0.39, 0.29) is 12.4 Å². The summed E-state index contributed by atoms with van der Waals surface area (Å²) in [6.45, 7) is 6.33. The third-order valence-electron chi connectivity index (χ3n) is 3.21. The molecule has 1 rings (SSSR count). The molecule has 1 aromatic rings. The largest absolute Gasteiger partial charge is 0.504 e. The third-order valence-corrected chi connectivity index (χ3v) is 3.21. The molecule has 0 aromatic heterocycles. The van der Waals surface area contributed by atoms with E-state index in [9.17, 15) is 0 Å². The van der Waals surface area contributed by atoms with Crippen LogP contribution >= 0.6 is 0 Å². The molecule has 0 saturated heterocycles. The van der Waals surface area contributed by atoms with Gasteiger partial charge in [0.05, 0.1) is 13.7 Å². The molecule has 0 amide bonds. The summed E-state index contributed by atoms with van der Waals surface area (Å²) in [6, 6.07) is 4.72. The zero-order chi connectivity index (χ0) is 16.6. The maximum absolute atomic E-state index is 9.12. The molecule has 0 aliphatic heterocycles. The molecule has 22 heavy (non-hydrogen) atoms. The number of aliphatic hydroxyl groups excluding tert-OH is 1. The molecular formula is C18H32O4. The highest BCUT2D eigenvalue weighted by molar-refractivity contribution is 5.41. The van der Waals surface area contributed by atoms with Crippen LogP contribution in [0.2, 0.25) is 0 Å². The van der Waals surface area contributed by atoms with Crippen LogP contribution in [-0.4, -0.2) is 30.5 Å². The SMILES string of the molecule is CCCCCOCCCCC.COc1cc(CO)ccc1O. The highest BCUT2D eigenvalue weighted by atomic mass is 16.5. The van der Waals surface area contributed by atoms with Crippen molar-refractivity contribution in [2.75, 3.05) is 20.3 Å². The number of ether oxygens (including phenoxy) is 2. The highest BCUT2D eigenvalue weighted by Gasteiger charge is 2.00. The lowest BCUT2D eigenvalue weighted by Crippen LogP contribution is -1.96. The first-order chi connectivity index (χ1) is 10.7. The smallest absolute Gasteiger partial charge is 0.160 e.